The maximum atomic E-state index is 9.14. The van der Waals surface area contributed by atoms with E-state index in [4.69, 9.17) is 20.2 Å². The molecule has 6 nitrogen and oxygen atoms in total. The third-order valence-corrected chi connectivity index (χ3v) is 0.400. The highest BCUT2D eigenvalue weighted by Crippen LogP contribution is 1.96. The van der Waals surface area contributed by atoms with Gasteiger partial charge >= 0.3 is 12.1 Å². The van der Waals surface area contributed by atoms with Crippen molar-refractivity contribution in [2.75, 3.05) is 0 Å². The van der Waals surface area contributed by atoms with Gasteiger partial charge in [-0.1, -0.05) is 0 Å². The summed E-state index contributed by atoms with van der Waals surface area (Å²) < 4.78 is -2.17. The number of hydrogen-bond donors (Lipinski definition) is 0. The molecular formula is N2O4S. The fourth-order valence-corrected chi connectivity index (χ4v) is 0.163. The Morgan fingerprint density at radius 2 is 1.43 bits per heavy atom. The molecule has 0 heterocycles. The van der Waals surface area contributed by atoms with E-state index in [1.807, 2.05) is 0 Å². The fraction of sp³-hybridized carbons (Fsp3) is 0. The Labute approximate surface area is 42.1 Å². The molecule has 0 aliphatic carbocycles. The van der Waals surface area contributed by atoms with Crippen molar-refractivity contribution in [3.05, 3.63) is 20.2 Å². The molecular weight excluding hydrogens is 124 g/mol. The Morgan fingerprint density at radius 3 is 1.43 bits per heavy atom. The van der Waals surface area contributed by atoms with Crippen LogP contribution in [0.15, 0.2) is 0 Å². The predicted molar refractivity (Wildman–Crippen MR) is 21.6 cm³/mol. The van der Waals surface area contributed by atoms with E-state index in [2.05, 4.69) is 0 Å². The molecule has 7 heteroatoms. The minimum atomic E-state index is -1.08. The van der Waals surface area contributed by atoms with Crippen molar-refractivity contribution in [2.45, 2.75) is 0 Å². The Balaban J connectivity index is 3.32. The lowest BCUT2D eigenvalue weighted by Crippen LogP contribution is -1.90. The van der Waals surface area contributed by atoms with Gasteiger partial charge in [0.25, 0.3) is 0 Å². The van der Waals surface area contributed by atoms with Gasteiger partial charge in [0.05, 0.1) is 0 Å². The van der Waals surface area contributed by atoms with Gasteiger partial charge < -0.3 is 0 Å². The van der Waals surface area contributed by atoms with E-state index < -0.39 is 20.8 Å². The van der Waals surface area contributed by atoms with Crippen molar-refractivity contribution in [1.29, 1.82) is 0 Å². The summed E-state index contributed by atoms with van der Waals surface area (Å²) in [6.45, 7) is 0. The molecule has 0 aliphatic heterocycles. The van der Waals surface area contributed by atoms with Crippen LogP contribution in [-0.4, -0.2) is 8.66 Å². The van der Waals surface area contributed by atoms with E-state index in [0.29, 0.717) is 0 Å². The largest absolute Gasteiger partial charge is 0.628 e. The van der Waals surface area contributed by atoms with Gasteiger partial charge in [-0.05, 0) is 0 Å². The topological polar surface area (TPSA) is 86.3 Å². The minimum Gasteiger partial charge on any atom is -0.246 e. The lowest BCUT2D eigenvalue weighted by atomic mass is 13.3. The van der Waals surface area contributed by atoms with Gasteiger partial charge in [0.2, 0.25) is 0 Å². The number of nitrogens with zero attached hydrogens (tertiary/aromatic N) is 2. The van der Waals surface area contributed by atoms with Crippen LogP contribution in [0.3, 0.4) is 0 Å². The maximum absolute atomic E-state index is 9.14. The van der Waals surface area contributed by atoms with Crippen molar-refractivity contribution in [3.63, 3.8) is 0 Å². The smallest absolute Gasteiger partial charge is 0.246 e. The van der Waals surface area contributed by atoms with Crippen molar-refractivity contribution in [1.82, 2.24) is 0 Å². The van der Waals surface area contributed by atoms with E-state index >= 15 is 0 Å². The first-order chi connectivity index (χ1) is 3.13. The van der Waals surface area contributed by atoms with Gasteiger partial charge in [0.1, 0.15) is 0 Å². The molecule has 0 amide bonds. The van der Waals surface area contributed by atoms with E-state index in [-0.39, 0.29) is 0 Å². The van der Waals surface area contributed by atoms with Gasteiger partial charge in [-0.25, -0.2) is 20.2 Å². The van der Waals surface area contributed by atoms with Crippen LogP contribution >= 0.6 is 12.1 Å². The molecule has 0 saturated heterocycles. The van der Waals surface area contributed by atoms with Gasteiger partial charge in [0, 0.05) is 0 Å². The van der Waals surface area contributed by atoms with Gasteiger partial charge in [0.15, 0.2) is 8.66 Å². The summed E-state index contributed by atoms with van der Waals surface area (Å²) in [5.41, 5.74) is 0. The average molecular weight is 124 g/mol. The molecule has 0 radical (unpaired) electrons. The lowest BCUT2D eigenvalue weighted by Gasteiger charge is -1.71. The predicted octanol–water partition coefficient (Wildman–Crippen LogP) is 0.103. The molecule has 0 aromatic rings. The second kappa shape index (κ2) is 2.35. The summed E-state index contributed by atoms with van der Waals surface area (Å²) in [7, 11) is 0. The highest BCUT2D eigenvalue weighted by molar-refractivity contribution is 7.87. The second-order valence-electron chi connectivity index (χ2n) is 0.529. The van der Waals surface area contributed by atoms with Crippen LogP contribution in [0, 0.1) is 20.2 Å². The summed E-state index contributed by atoms with van der Waals surface area (Å²) in [6, 6.07) is 0. The monoisotopic (exact) mass is 124 g/mol. The molecule has 0 aromatic heterocycles. The van der Waals surface area contributed by atoms with E-state index in [1.165, 1.54) is 0 Å². The number of nitro groups is 2. The molecule has 0 rings (SSSR count). The molecule has 0 bridgehead atoms. The van der Waals surface area contributed by atoms with Crippen molar-refractivity contribution < 1.29 is 8.66 Å². The van der Waals surface area contributed by atoms with Crippen LogP contribution in [0.25, 0.3) is 0 Å². The van der Waals surface area contributed by atoms with Crippen molar-refractivity contribution in [3.8, 4) is 0 Å². The van der Waals surface area contributed by atoms with Gasteiger partial charge in [-0.3, -0.25) is 0 Å². The summed E-state index contributed by atoms with van der Waals surface area (Å²) in [4.78, 5) is 18.3. The van der Waals surface area contributed by atoms with Crippen LogP contribution in [-0.2, 0) is 0 Å². The Morgan fingerprint density at radius 1 is 1.14 bits per heavy atom. The molecule has 0 aliphatic rings. The normalized spacial score (nSPS) is 8.00. The zero-order valence-electron chi connectivity index (χ0n) is 2.94. The van der Waals surface area contributed by atoms with E-state index in [0.717, 1.165) is 0 Å². The van der Waals surface area contributed by atoms with E-state index in [1.54, 1.807) is 0 Å². The van der Waals surface area contributed by atoms with Gasteiger partial charge in [-0.2, -0.15) is 0 Å². The quantitative estimate of drug-likeness (QED) is 0.296. The maximum Gasteiger partial charge on any atom is 0.628 e. The highest BCUT2D eigenvalue weighted by Gasteiger charge is 2.14. The second-order valence-corrected chi connectivity index (χ2v) is 1.29. The van der Waals surface area contributed by atoms with Crippen molar-refractivity contribution in [2.24, 2.45) is 0 Å². The summed E-state index contributed by atoms with van der Waals surface area (Å²) in [5, 5.41) is 18.3. The molecule has 0 atom stereocenters. The molecule has 0 saturated carbocycles. The van der Waals surface area contributed by atoms with Crippen molar-refractivity contribution >= 4 is 12.1 Å². The van der Waals surface area contributed by atoms with Crippen LogP contribution < -0.4 is 0 Å². The zero-order chi connectivity index (χ0) is 5.86. The first kappa shape index (κ1) is 6.15. The van der Waals surface area contributed by atoms with Crippen LogP contribution in [0.1, 0.15) is 0 Å². The Hall–Kier alpha value is -0.850. The zero-order valence-corrected chi connectivity index (χ0v) is 3.75. The fourth-order valence-electron chi connectivity index (χ4n) is 0.0544. The molecule has 0 spiro atoms. The third kappa shape index (κ3) is 5.15. The lowest BCUT2D eigenvalue weighted by molar-refractivity contribution is -0.389. The first-order valence-corrected chi connectivity index (χ1v) is 1.83. The highest BCUT2D eigenvalue weighted by atomic mass is 32.2. The summed E-state index contributed by atoms with van der Waals surface area (Å²) in [6.07, 6.45) is 0. The number of rotatable bonds is 2. The summed E-state index contributed by atoms with van der Waals surface area (Å²) >= 11 is -0.546. The molecule has 0 fully saturated rings. The molecule has 0 N–H and O–H groups in total. The Kier molecular flexibility index (Phi) is 2.06. The van der Waals surface area contributed by atoms with Crippen LogP contribution in [0.4, 0.5) is 0 Å². The molecule has 7 heavy (non-hydrogen) atoms. The Bertz CT molecular complexity index is 85.9. The van der Waals surface area contributed by atoms with Crippen LogP contribution in [0.5, 0.6) is 0 Å². The molecule has 0 aromatic carbocycles. The van der Waals surface area contributed by atoms with E-state index in [9.17, 15) is 0 Å². The standard InChI is InChI=1S/N2O4S/c3-1(4)7-2(5)6. The molecule has 0 unspecified atom stereocenters. The average Bonchev–Trinajstić information content (AvgIpc) is 1.27. The summed E-state index contributed by atoms with van der Waals surface area (Å²) in [5.74, 6) is 0. The third-order valence-electron chi connectivity index (χ3n) is 0.133. The first-order valence-electron chi connectivity index (χ1n) is 1.10. The molecule has 40 valence electrons. The minimum absolute atomic E-state index is 0.546. The SMILES string of the molecule is O=[N+]([O-])S[N+](=O)[O-]. The van der Waals surface area contributed by atoms with Gasteiger partial charge in [-0.15, -0.1) is 0 Å². The van der Waals surface area contributed by atoms with Crippen LogP contribution in [0.2, 0.25) is 0 Å². The number of hydrogen-bond acceptors (Lipinski definition) is 5.